The van der Waals surface area contributed by atoms with Gasteiger partial charge in [-0.15, -0.1) is 0 Å². The molecular weight excluding hydrogens is 412 g/mol. The fraction of sp³-hybridized carbons (Fsp3) is 0.240. The Morgan fingerprint density at radius 1 is 0.968 bits per heavy atom. The van der Waals surface area contributed by atoms with E-state index >= 15 is 0 Å². The molecule has 1 aliphatic rings. The highest BCUT2D eigenvalue weighted by atomic mass is 35.5. The second-order valence-corrected chi connectivity index (χ2v) is 7.86. The molecule has 6 heteroatoms. The van der Waals surface area contributed by atoms with Gasteiger partial charge in [-0.25, -0.2) is 0 Å². The average molecular weight is 437 g/mol. The Morgan fingerprint density at radius 2 is 1.65 bits per heavy atom. The van der Waals surface area contributed by atoms with E-state index in [2.05, 4.69) is 47.0 Å². The van der Waals surface area contributed by atoms with Crippen LogP contribution >= 0.6 is 11.6 Å². The van der Waals surface area contributed by atoms with Crippen LogP contribution in [-0.2, 0) is 11.2 Å². The third kappa shape index (κ3) is 5.78. The van der Waals surface area contributed by atoms with Gasteiger partial charge in [0.15, 0.2) is 11.5 Å². The molecule has 0 fully saturated rings. The minimum atomic E-state index is -0.162. The zero-order valence-corrected chi connectivity index (χ0v) is 17.9. The van der Waals surface area contributed by atoms with E-state index in [1.807, 2.05) is 24.3 Å². The van der Waals surface area contributed by atoms with Gasteiger partial charge in [-0.1, -0.05) is 72.3 Å². The standard InChI is InChI=1S/C25H25ClN2O3/c26-20-14-23-24(31-17-30-23)15-22(20)28-25(29)16-27-21(19-11-5-2-6-12-19)13-7-10-18-8-3-1-4-9-18/h1-6,8-9,11-12,14-15,21,27H,7,10,13,16-17H2,(H,28,29)/t21-/m1/s1. The Morgan fingerprint density at radius 3 is 2.39 bits per heavy atom. The molecule has 0 unspecified atom stereocenters. The maximum Gasteiger partial charge on any atom is 0.238 e. The number of carbonyl (C=O) groups excluding carboxylic acids is 1. The van der Waals surface area contributed by atoms with Crippen LogP contribution in [0.25, 0.3) is 0 Å². The Kier molecular flexibility index (Phi) is 7.07. The quantitative estimate of drug-likeness (QED) is 0.474. The van der Waals surface area contributed by atoms with Crippen LogP contribution in [-0.4, -0.2) is 19.2 Å². The molecular formula is C25H25ClN2O3. The van der Waals surface area contributed by atoms with E-state index in [1.54, 1.807) is 12.1 Å². The third-order valence-corrected chi connectivity index (χ3v) is 5.56. The third-order valence-electron chi connectivity index (χ3n) is 5.25. The van der Waals surface area contributed by atoms with E-state index in [1.165, 1.54) is 11.1 Å². The van der Waals surface area contributed by atoms with Crippen LogP contribution in [0, 0.1) is 0 Å². The second-order valence-electron chi connectivity index (χ2n) is 7.46. The summed E-state index contributed by atoms with van der Waals surface area (Å²) in [6.45, 7) is 0.335. The minimum Gasteiger partial charge on any atom is -0.454 e. The van der Waals surface area contributed by atoms with Gasteiger partial charge in [0.2, 0.25) is 12.7 Å². The van der Waals surface area contributed by atoms with Crippen LogP contribution in [0.2, 0.25) is 5.02 Å². The summed E-state index contributed by atoms with van der Waals surface area (Å²) in [6.07, 6.45) is 2.95. The SMILES string of the molecule is O=C(CN[C@H](CCCc1ccccc1)c1ccccc1)Nc1cc2c(cc1Cl)OCO2. The summed E-state index contributed by atoms with van der Waals surface area (Å²) in [7, 11) is 0. The summed E-state index contributed by atoms with van der Waals surface area (Å²) in [6, 6.07) is 24.1. The monoisotopic (exact) mass is 436 g/mol. The fourth-order valence-electron chi connectivity index (χ4n) is 3.65. The van der Waals surface area contributed by atoms with Crippen molar-refractivity contribution < 1.29 is 14.3 Å². The number of benzene rings is 3. The van der Waals surface area contributed by atoms with E-state index in [9.17, 15) is 4.79 Å². The molecule has 0 saturated heterocycles. The maximum atomic E-state index is 12.6. The number of amides is 1. The fourth-order valence-corrected chi connectivity index (χ4v) is 3.85. The van der Waals surface area contributed by atoms with Crippen molar-refractivity contribution in [3.63, 3.8) is 0 Å². The van der Waals surface area contributed by atoms with Gasteiger partial charge in [0.05, 0.1) is 17.3 Å². The molecule has 31 heavy (non-hydrogen) atoms. The number of carbonyl (C=O) groups is 1. The lowest BCUT2D eigenvalue weighted by Crippen LogP contribution is -2.31. The predicted molar refractivity (Wildman–Crippen MR) is 123 cm³/mol. The van der Waals surface area contributed by atoms with Gasteiger partial charge >= 0.3 is 0 Å². The highest BCUT2D eigenvalue weighted by molar-refractivity contribution is 6.34. The Labute approximate surface area is 187 Å². The summed E-state index contributed by atoms with van der Waals surface area (Å²) >= 11 is 6.27. The van der Waals surface area contributed by atoms with Crippen LogP contribution in [0.15, 0.2) is 72.8 Å². The first-order valence-electron chi connectivity index (χ1n) is 10.4. The zero-order valence-electron chi connectivity index (χ0n) is 17.1. The molecule has 0 aliphatic carbocycles. The molecule has 0 bridgehead atoms. The lowest BCUT2D eigenvalue weighted by Gasteiger charge is -2.19. The van der Waals surface area contributed by atoms with Gasteiger partial charge < -0.3 is 20.1 Å². The van der Waals surface area contributed by atoms with Gasteiger partial charge in [-0.05, 0) is 30.4 Å². The van der Waals surface area contributed by atoms with Crippen molar-refractivity contribution in [2.45, 2.75) is 25.3 Å². The summed E-state index contributed by atoms with van der Waals surface area (Å²) < 4.78 is 10.7. The molecule has 1 aliphatic heterocycles. The largest absolute Gasteiger partial charge is 0.454 e. The number of fused-ring (bicyclic) bond motifs is 1. The topological polar surface area (TPSA) is 59.6 Å². The van der Waals surface area contributed by atoms with E-state index in [0.717, 1.165) is 19.3 Å². The molecule has 0 radical (unpaired) electrons. The number of halogens is 1. The van der Waals surface area contributed by atoms with Crippen molar-refractivity contribution in [1.82, 2.24) is 5.32 Å². The van der Waals surface area contributed by atoms with E-state index in [-0.39, 0.29) is 25.3 Å². The summed E-state index contributed by atoms with van der Waals surface area (Å²) in [4.78, 5) is 12.6. The molecule has 3 aromatic rings. The van der Waals surface area contributed by atoms with Crippen molar-refractivity contribution in [1.29, 1.82) is 0 Å². The lowest BCUT2D eigenvalue weighted by atomic mass is 9.99. The zero-order chi connectivity index (χ0) is 21.5. The predicted octanol–water partition coefficient (Wildman–Crippen LogP) is 5.36. The van der Waals surface area contributed by atoms with Gasteiger partial charge in [0.1, 0.15) is 0 Å². The van der Waals surface area contributed by atoms with Crippen molar-refractivity contribution in [2.24, 2.45) is 0 Å². The number of nitrogens with one attached hydrogen (secondary N) is 2. The number of anilines is 1. The van der Waals surface area contributed by atoms with E-state index < -0.39 is 0 Å². The van der Waals surface area contributed by atoms with Crippen LogP contribution < -0.4 is 20.1 Å². The highest BCUT2D eigenvalue weighted by Gasteiger charge is 2.18. The molecule has 0 aromatic heterocycles. The van der Waals surface area contributed by atoms with Crippen LogP contribution in [0.1, 0.15) is 30.0 Å². The maximum absolute atomic E-state index is 12.6. The van der Waals surface area contributed by atoms with Crippen LogP contribution in [0.3, 0.4) is 0 Å². The number of aryl methyl sites for hydroxylation is 1. The first-order valence-corrected chi connectivity index (χ1v) is 10.8. The molecule has 160 valence electrons. The molecule has 0 saturated carbocycles. The number of hydrogen-bond donors (Lipinski definition) is 2. The molecule has 3 aromatic carbocycles. The van der Waals surface area contributed by atoms with Crippen molar-refractivity contribution in [3.05, 3.63) is 88.9 Å². The molecule has 5 nitrogen and oxygen atoms in total. The summed E-state index contributed by atoms with van der Waals surface area (Å²) in [5.74, 6) is 1.00. The molecule has 1 atom stereocenters. The van der Waals surface area contributed by atoms with Gasteiger partial charge in [-0.2, -0.15) is 0 Å². The van der Waals surface area contributed by atoms with Gasteiger partial charge in [0, 0.05) is 18.2 Å². The Balaban J connectivity index is 1.35. The Bertz CT molecular complexity index is 1010. The molecule has 0 spiro atoms. The van der Waals surface area contributed by atoms with Crippen molar-refractivity contribution in [2.75, 3.05) is 18.7 Å². The molecule has 1 heterocycles. The first kappa shape index (κ1) is 21.2. The number of rotatable bonds is 9. The first-order chi connectivity index (χ1) is 15.2. The Hall–Kier alpha value is -3.02. The summed E-state index contributed by atoms with van der Waals surface area (Å²) in [5, 5.41) is 6.68. The second kappa shape index (κ2) is 10.3. The normalized spacial score (nSPS) is 13.1. The van der Waals surface area contributed by atoms with Crippen molar-refractivity contribution >= 4 is 23.2 Å². The van der Waals surface area contributed by atoms with Crippen LogP contribution in [0.5, 0.6) is 11.5 Å². The van der Waals surface area contributed by atoms with E-state index in [0.29, 0.717) is 22.2 Å². The molecule has 4 rings (SSSR count). The smallest absolute Gasteiger partial charge is 0.238 e. The minimum absolute atomic E-state index is 0.0860. The average Bonchev–Trinajstić information content (AvgIpc) is 3.24. The van der Waals surface area contributed by atoms with Crippen molar-refractivity contribution in [3.8, 4) is 11.5 Å². The van der Waals surface area contributed by atoms with Gasteiger partial charge in [0.25, 0.3) is 0 Å². The number of ether oxygens (including phenoxy) is 2. The van der Waals surface area contributed by atoms with E-state index in [4.69, 9.17) is 21.1 Å². The molecule has 2 N–H and O–H groups in total. The van der Waals surface area contributed by atoms with Gasteiger partial charge in [-0.3, -0.25) is 4.79 Å². The van der Waals surface area contributed by atoms with Crippen LogP contribution in [0.4, 0.5) is 5.69 Å². The number of hydrogen-bond acceptors (Lipinski definition) is 4. The highest BCUT2D eigenvalue weighted by Crippen LogP contribution is 2.39. The lowest BCUT2D eigenvalue weighted by molar-refractivity contribution is -0.115. The summed E-state index contributed by atoms with van der Waals surface area (Å²) in [5.41, 5.74) is 3.01. The molecule has 1 amide bonds.